The Bertz CT molecular complexity index is 922. The molecule has 0 unspecified atom stereocenters. The first-order chi connectivity index (χ1) is 12.5. The number of hydrogen-bond donors (Lipinski definition) is 1. The zero-order valence-corrected chi connectivity index (χ0v) is 17.0. The van der Waals surface area contributed by atoms with Crippen LogP contribution >= 0.6 is 46.0 Å². The van der Waals surface area contributed by atoms with E-state index in [4.69, 9.17) is 11.6 Å². The van der Waals surface area contributed by atoms with Gasteiger partial charge < -0.3 is 5.32 Å². The van der Waals surface area contributed by atoms with Crippen LogP contribution in [0, 0.1) is 0 Å². The minimum Gasteiger partial charge on any atom is -0.301 e. The molecule has 0 fully saturated rings. The Balaban J connectivity index is 1.64. The van der Waals surface area contributed by atoms with Gasteiger partial charge in [-0.2, -0.15) is 0 Å². The number of halogens is 1. The van der Waals surface area contributed by atoms with Crippen molar-refractivity contribution >= 4 is 62.9 Å². The summed E-state index contributed by atoms with van der Waals surface area (Å²) in [7, 11) is 0. The van der Waals surface area contributed by atoms with E-state index in [1.807, 2.05) is 42.5 Å². The van der Waals surface area contributed by atoms with Gasteiger partial charge in [0.25, 0.3) is 0 Å². The molecule has 0 saturated carbocycles. The lowest BCUT2D eigenvalue weighted by molar-refractivity contribution is -0.113. The van der Waals surface area contributed by atoms with Gasteiger partial charge in [-0.25, -0.2) is 4.98 Å². The third-order valence-corrected chi connectivity index (χ3v) is 6.81. The SMILES string of the molecule is CC(=O)c1sc(NC(=O)CSCc2ccc(Cl)s2)nc1-c1ccccc1. The Kier molecular flexibility index (Phi) is 6.48. The molecule has 0 atom stereocenters. The van der Waals surface area contributed by atoms with E-state index in [2.05, 4.69) is 10.3 Å². The molecular weight excluding hydrogens is 408 g/mol. The molecule has 2 heterocycles. The fourth-order valence-corrected chi connectivity index (χ4v) is 5.16. The van der Waals surface area contributed by atoms with Gasteiger partial charge in [0.05, 0.1) is 20.7 Å². The second-order valence-electron chi connectivity index (χ2n) is 5.37. The molecule has 0 spiro atoms. The van der Waals surface area contributed by atoms with Crippen molar-refractivity contribution in [2.75, 3.05) is 11.1 Å². The van der Waals surface area contributed by atoms with E-state index in [0.29, 0.717) is 21.5 Å². The Morgan fingerprint density at radius 2 is 1.92 bits per heavy atom. The fraction of sp³-hybridized carbons (Fsp3) is 0.167. The smallest absolute Gasteiger partial charge is 0.236 e. The molecule has 1 N–H and O–H groups in total. The number of aromatic nitrogens is 1. The van der Waals surface area contributed by atoms with Crippen molar-refractivity contribution in [3.8, 4) is 11.3 Å². The van der Waals surface area contributed by atoms with Gasteiger partial charge >= 0.3 is 0 Å². The highest BCUT2D eigenvalue weighted by molar-refractivity contribution is 7.99. The van der Waals surface area contributed by atoms with E-state index >= 15 is 0 Å². The highest BCUT2D eigenvalue weighted by Gasteiger charge is 2.17. The number of anilines is 1. The second-order valence-corrected chi connectivity index (χ2v) is 9.15. The molecule has 134 valence electrons. The molecule has 4 nitrogen and oxygen atoms in total. The molecule has 1 aromatic carbocycles. The van der Waals surface area contributed by atoms with Crippen LogP contribution in [0.5, 0.6) is 0 Å². The van der Waals surface area contributed by atoms with Crippen molar-refractivity contribution in [1.29, 1.82) is 0 Å². The van der Waals surface area contributed by atoms with Crippen LogP contribution in [-0.2, 0) is 10.5 Å². The largest absolute Gasteiger partial charge is 0.301 e. The van der Waals surface area contributed by atoms with Gasteiger partial charge in [0.2, 0.25) is 5.91 Å². The highest BCUT2D eigenvalue weighted by Crippen LogP contribution is 2.31. The number of rotatable bonds is 7. The number of nitrogens with zero attached hydrogens (tertiary/aromatic N) is 1. The molecule has 0 radical (unpaired) electrons. The van der Waals surface area contributed by atoms with Crippen LogP contribution in [0.2, 0.25) is 4.34 Å². The van der Waals surface area contributed by atoms with E-state index < -0.39 is 0 Å². The maximum Gasteiger partial charge on any atom is 0.236 e. The number of thiazole rings is 1. The van der Waals surface area contributed by atoms with Gasteiger partial charge in [-0.3, -0.25) is 9.59 Å². The summed E-state index contributed by atoms with van der Waals surface area (Å²) in [6, 6.07) is 13.3. The molecule has 0 aliphatic heterocycles. The number of hydrogen-bond acceptors (Lipinski definition) is 6. The molecule has 3 rings (SSSR count). The van der Waals surface area contributed by atoms with E-state index in [9.17, 15) is 9.59 Å². The summed E-state index contributed by atoms with van der Waals surface area (Å²) in [5.74, 6) is 0.842. The fourth-order valence-electron chi connectivity index (χ4n) is 2.23. The third-order valence-electron chi connectivity index (χ3n) is 3.35. The topological polar surface area (TPSA) is 59.1 Å². The number of Topliss-reactive ketones (excluding diaryl/α,β-unsaturated/α-hetero) is 1. The summed E-state index contributed by atoms with van der Waals surface area (Å²) in [5.41, 5.74) is 1.47. The Labute approximate surface area is 168 Å². The molecule has 2 aromatic heterocycles. The normalized spacial score (nSPS) is 10.7. The number of thiophene rings is 1. The van der Waals surface area contributed by atoms with Gasteiger partial charge in [-0.1, -0.05) is 53.3 Å². The minimum atomic E-state index is -0.138. The predicted octanol–water partition coefficient (Wildman–Crippen LogP) is 5.60. The predicted molar refractivity (Wildman–Crippen MR) is 112 cm³/mol. The average molecular weight is 423 g/mol. The number of ketones is 1. The quantitative estimate of drug-likeness (QED) is 0.503. The number of carbonyl (C=O) groups is 2. The summed E-state index contributed by atoms with van der Waals surface area (Å²) >= 11 is 10.1. The standard InChI is InChI=1S/C18H15ClN2O2S3/c1-11(22)17-16(12-5-3-2-4-6-12)21-18(26-17)20-15(23)10-24-9-13-7-8-14(19)25-13/h2-8H,9-10H2,1H3,(H,20,21,23). The second kappa shape index (κ2) is 8.81. The average Bonchev–Trinajstić information content (AvgIpc) is 3.22. The van der Waals surface area contributed by atoms with Crippen molar-refractivity contribution in [2.45, 2.75) is 12.7 Å². The van der Waals surface area contributed by atoms with Crippen molar-refractivity contribution in [2.24, 2.45) is 0 Å². The molecule has 8 heteroatoms. The molecule has 0 aliphatic rings. The highest BCUT2D eigenvalue weighted by atomic mass is 35.5. The van der Waals surface area contributed by atoms with Crippen LogP contribution in [0.15, 0.2) is 42.5 Å². The van der Waals surface area contributed by atoms with Crippen LogP contribution in [-0.4, -0.2) is 22.4 Å². The van der Waals surface area contributed by atoms with Crippen LogP contribution in [0.3, 0.4) is 0 Å². The van der Waals surface area contributed by atoms with E-state index in [1.54, 1.807) is 0 Å². The number of benzene rings is 1. The zero-order valence-electron chi connectivity index (χ0n) is 13.8. The monoisotopic (exact) mass is 422 g/mol. The van der Waals surface area contributed by atoms with Crippen molar-refractivity contribution in [1.82, 2.24) is 4.98 Å². The van der Waals surface area contributed by atoms with E-state index in [-0.39, 0.29) is 11.7 Å². The lowest BCUT2D eigenvalue weighted by Crippen LogP contribution is -2.13. The molecule has 0 saturated heterocycles. The lowest BCUT2D eigenvalue weighted by Gasteiger charge is -2.01. The summed E-state index contributed by atoms with van der Waals surface area (Å²) in [6.45, 7) is 1.51. The summed E-state index contributed by atoms with van der Waals surface area (Å²) < 4.78 is 0.748. The van der Waals surface area contributed by atoms with Crippen LogP contribution in [0.25, 0.3) is 11.3 Å². The Morgan fingerprint density at radius 3 is 2.58 bits per heavy atom. The van der Waals surface area contributed by atoms with E-state index in [0.717, 1.165) is 20.5 Å². The van der Waals surface area contributed by atoms with Gasteiger partial charge in [-0.15, -0.1) is 23.1 Å². The Morgan fingerprint density at radius 1 is 1.15 bits per heavy atom. The number of carbonyl (C=O) groups excluding carboxylic acids is 2. The number of thioether (sulfide) groups is 1. The first-order valence-corrected chi connectivity index (χ1v) is 10.9. The van der Waals surface area contributed by atoms with Crippen LogP contribution in [0.1, 0.15) is 21.5 Å². The maximum atomic E-state index is 12.2. The van der Waals surface area contributed by atoms with Crippen LogP contribution in [0.4, 0.5) is 5.13 Å². The first kappa shape index (κ1) is 19.1. The molecule has 0 bridgehead atoms. The van der Waals surface area contributed by atoms with Gasteiger partial charge in [0.1, 0.15) is 0 Å². The van der Waals surface area contributed by atoms with Crippen molar-refractivity contribution in [3.05, 3.63) is 56.6 Å². The summed E-state index contributed by atoms with van der Waals surface area (Å²) in [5, 5.41) is 3.23. The summed E-state index contributed by atoms with van der Waals surface area (Å²) in [6.07, 6.45) is 0. The maximum absolute atomic E-state index is 12.2. The number of nitrogens with one attached hydrogen (secondary N) is 1. The van der Waals surface area contributed by atoms with Gasteiger partial charge in [0, 0.05) is 23.1 Å². The molecule has 0 aliphatic carbocycles. The molecule has 3 aromatic rings. The third kappa shape index (κ3) is 4.94. The van der Waals surface area contributed by atoms with Crippen LogP contribution < -0.4 is 5.32 Å². The zero-order chi connectivity index (χ0) is 18.5. The number of amides is 1. The van der Waals surface area contributed by atoms with E-state index in [1.165, 1.54) is 41.4 Å². The lowest BCUT2D eigenvalue weighted by atomic mass is 10.1. The minimum absolute atomic E-state index is 0.0641. The summed E-state index contributed by atoms with van der Waals surface area (Å²) in [4.78, 5) is 30.2. The molecule has 1 amide bonds. The first-order valence-electron chi connectivity index (χ1n) is 7.72. The van der Waals surface area contributed by atoms with Gasteiger partial charge in [0.15, 0.2) is 10.9 Å². The molecular formula is C18H15ClN2O2S3. The van der Waals surface area contributed by atoms with Crippen molar-refractivity contribution in [3.63, 3.8) is 0 Å². The van der Waals surface area contributed by atoms with Crippen molar-refractivity contribution < 1.29 is 9.59 Å². The molecule has 26 heavy (non-hydrogen) atoms. The van der Waals surface area contributed by atoms with Gasteiger partial charge in [-0.05, 0) is 12.1 Å². The Hall–Kier alpha value is -1.67.